The maximum Gasteiger partial charge on any atom is 0.305 e. The van der Waals surface area contributed by atoms with E-state index < -0.39 is 92.9 Å². The average molecular weight is 599 g/mol. The quantitative estimate of drug-likeness (QED) is 0.139. The van der Waals surface area contributed by atoms with Crippen LogP contribution >= 0.6 is 0 Å². The lowest BCUT2D eigenvalue weighted by molar-refractivity contribution is -0.177. The maximum atomic E-state index is 14.1. The molecule has 14 nitrogen and oxygen atoms in total. The second-order valence-corrected chi connectivity index (χ2v) is 11.2. The summed E-state index contributed by atoms with van der Waals surface area (Å²) in [5.74, 6) is -10.9. The molecule has 0 unspecified atom stereocenters. The zero-order chi connectivity index (χ0) is 32.3. The molecule has 2 amide bonds. The molecule has 3 aliphatic rings. The summed E-state index contributed by atoms with van der Waals surface area (Å²) in [6.07, 6.45) is -1.73. The molecule has 3 aliphatic carbocycles. The Kier molecular flexibility index (Phi) is 8.00. The van der Waals surface area contributed by atoms with Gasteiger partial charge in [0.05, 0.1) is 41.2 Å². The first-order valence-electron chi connectivity index (χ1n) is 13.3. The van der Waals surface area contributed by atoms with Crippen LogP contribution in [-0.4, -0.2) is 112 Å². The van der Waals surface area contributed by atoms with E-state index in [9.17, 15) is 44.4 Å². The van der Waals surface area contributed by atoms with Crippen molar-refractivity contribution in [2.45, 2.75) is 31.1 Å². The van der Waals surface area contributed by atoms with Crippen molar-refractivity contribution in [2.75, 3.05) is 40.1 Å². The van der Waals surface area contributed by atoms with Crippen molar-refractivity contribution in [3.8, 4) is 5.75 Å². The van der Waals surface area contributed by atoms with Crippen LogP contribution in [0.5, 0.6) is 5.75 Å². The third-order valence-corrected chi connectivity index (χ3v) is 8.01. The zero-order valence-electron chi connectivity index (χ0n) is 24.3. The van der Waals surface area contributed by atoms with Crippen LogP contribution in [0.4, 0.5) is 5.69 Å². The predicted molar refractivity (Wildman–Crippen MR) is 152 cm³/mol. The molecule has 5 atom stereocenters. The Morgan fingerprint density at radius 2 is 1.74 bits per heavy atom. The molecule has 0 fully saturated rings. The first-order valence-corrected chi connectivity index (χ1v) is 13.3. The van der Waals surface area contributed by atoms with Crippen LogP contribution in [0.2, 0.25) is 0 Å². The van der Waals surface area contributed by atoms with E-state index in [1.54, 1.807) is 19.0 Å². The molecule has 0 aliphatic heterocycles. The highest BCUT2D eigenvalue weighted by molar-refractivity contribution is 6.25. The third kappa shape index (κ3) is 4.67. The predicted octanol–water partition coefficient (Wildman–Crippen LogP) is 0.0231. The standard InChI is InChI=1S/C29H34N4O10/c1-7-15(35)43-25-16-11(2)12-8-9-13(31-14(34)10-32(3)4)22(36)17(12)23(37)18(16)26(39)29(42)20(25)21(33(5)6)24(38)19(27(29)40)28(30)41/h8-9,16,20-21,25,36,38-39,42H,2,7,10H2,1,3-6H3,(H2,30,41)(H,31,34)/t16-,20-,21+,25+,29+/m1/s1. The van der Waals surface area contributed by atoms with E-state index in [-0.39, 0.29) is 29.8 Å². The Labute approximate surface area is 246 Å². The molecule has 14 heteroatoms. The Morgan fingerprint density at radius 3 is 2.28 bits per heavy atom. The van der Waals surface area contributed by atoms with Crippen LogP contribution in [0.3, 0.4) is 0 Å². The number of aliphatic hydroxyl groups excluding tert-OH is 2. The summed E-state index contributed by atoms with van der Waals surface area (Å²) < 4.78 is 5.73. The molecular weight excluding hydrogens is 564 g/mol. The monoisotopic (exact) mass is 598 g/mol. The summed E-state index contributed by atoms with van der Waals surface area (Å²) in [6, 6.07) is 1.35. The van der Waals surface area contributed by atoms with Crippen LogP contribution in [0.25, 0.3) is 5.57 Å². The smallest absolute Gasteiger partial charge is 0.305 e. The zero-order valence-corrected chi connectivity index (χ0v) is 24.3. The SMILES string of the molecule is C=C1c2ccc(NC(=O)CN(C)C)c(O)c2C(=O)C2=C(O)[C@]3(O)C(=O)C(C(N)=O)=C(O)[C@@H](N(C)C)[C@@H]3[C@@H](OC(=O)CC)[C@H]12. The van der Waals surface area contributed by atoms with Gasteiger partial charge in [-0.25, -0.2) is 0 Å². The van der Waals surface area contributed by atoms with Gasteiger partial charge in [-0.05, 0) is 45.4 Å². The van der Waals surface area contributed by atoms with E-state index in [1.165, 1.54) is 38.1 Å². The highest BCUT2D eigenvalue weighted by Crippen LogP contribution is 2.56. The molecule has 4 rings (SSSR count). The number of nitrogens with two attached hydrogens (primary N) is 1. The molecule has 0 aromatic heterocycles. The van der Waals surface area contributed by atoms with Crippen molar-refractivity contribution in [1.82, 2.24) is 9.80 Å². The second-order valence-electron chi connectivity index (χ2n) is 11.2. The van der Waals surface area contributed by atoms with Crippen LogP contribution in [0.15, 0.2) is 41.4 Å². The number of phenols is 1. The number of carbonyl (C=O) groups is 5. The Hall–Kier alpha value is -4.53. The van der Waals surface area contributed by atoms with Crippen molar-refractivity contribution >= 4 is 40.6 Å². The number of Topliss-reactive ketones (excluding diaryl/α,β-unsaturated/α-hetero) is 2. The van der Waals surface area contributed by atoms with Crippen LogP contribution in [0.1, 0.15) is 29.3 Å². The lowest BCUT2D eigenvalue weighted by Crippen LogP contribution is -2.68. The first-order chi connectivity index (χ1) is 20.0. The number of aliphatic hydroxyl groups is 3. The third-order valence-electron chi connectivity index (χ3n) is 8.01. The highest BCUT2D eigenvalue weighted by Gasteiger charge is 2.68. The van der Waals surface area contributed by atoms with Gasteiger partial charge in [0.15, 0.2) is 17.1 Å². The number of primary amides is 1. The molecule has 1 aromatic rings. The average Bonchev–Trinajstić information content (AvgIpc) is 2.90. The van der Waals surface area contributed by atoms with Crippen molar-refractivity contribution in [3.63, 3.8) is 0 Å². The van der Waals surface area contributed by atoms with E-state index in [2.05, 4.69) is 11.9 Å². The number of nitrogens with one attached hydrogen (secondary N) is 1. The molecule has 0 radical (unpaired) electrons. The number of benzene rings is 1. The molecule has 0 spiro atoms. The fraction of sp³-hybridized carbons (Fsp3) is 0.414. The number of nitrogens with zero attached hydrogens (tertiary/aromatic N) is 2. The summed E-state index contributed by atoms with van der Waals surface area (Å²) in [5.41, 5.74) is 0.338. The molecule has 0 saturated carbocycles. The lowest BCUT2D eigenvalue weighted by Gasteiger charge is -2.53. The maximum absolute atomic E-state index is 14.1. The number of hydrogen-bond donors (Lipinski definition) is 6. The number of amides is 2. The molecule has 0 saturated heterocycles. The van der Waals surface area contributed by atoms with Gasteiger partial charge in [-0.1, -0.05) is 19.6 Å². The number of likely N-dealkylation sites (N-methyl/N-ethyl adjacent to an activating group) is 2. The summed E-state index contributed by atoms with van der Waals surface area (Å²) in [6.45, 7) is 5.50. The fourth-order valence-corrected chi connectivity index (χ4v) is 6.18. The van der Waals surface area contributed by atoms with E-state index in [4.69, 9.17) is 10.5 Å². The number of carbonyl (C=O) groups excluding carboxylic acids is 5. The van der Waals surface area contributed by atoms with Crippen molar-refractivity contribution in [3.05, 3.63) is 52.5 Å². The Balaban J connectivity index is 2.02. The highest BCUT2D eigenvalue weighted by atomic mass is 16.5. The van der Waals surface area contributed by atoms with E-state index in [0.717, 1.165) is 0 Å². The number of rotatable bonds is 7. The normalized spacial score (nSPS) is 26.7. The summed E-state index contributed by atoms with van der Waals surface area (Å²) in [7, 11) is 6.21. The lowest BCUT2D eigenvalue weighted by atomic mass is 9.56. The molecule has 0 heterocycles. The molecule has 1 aromatic carbocycles. The molecule has 0 bridgehead atoms. The first kappa shape index (κ1) is 31.4. The second kappa shape index (κ2) is 10.9. The van der Waals surface area contributed by atoms with Crippen molar-refractivity contribution < 1.29 is 49.1 Å². The number of hydrogen-bond acceptors (Lipinski definition) is 12. The number of aromatic hydroxyl groups is 1. The largest absolute Gasteiger partial charge is 0.510 e. The topological polar surface area (TPSA) is 220 Å². The minimum atomic E-state index is -3.07. The van der Waals surface area contributed by atoms with Gasteiger partial charge in [0.1, 0.15) is 23.2 Å². The molecule has 7 N–H and O–H groups in total. The summed E-state index contributed by atoms with van der Waals surface area (Å²) >= 11 is 0. The van der Waals surface area contributed by atoms with E-state index in [1.807, 2.05) is 0 Å². The number of ketones is 2. The molecule has 230 valence electrons. The van der Waals surface area contributed by atoms with Crippen molar-refractivity contribution in [1.29, 1.82) is 0 Å². The molecular formula is C29H34N4O10. The van der Waals surface area contributed by atoms with Gasteiger partial charge in [-0.2, -0.15) is 0 Å². The van der Waals surface area contributed by atoms with Crippen LogP contribution < -0.4 is 11.1 Å². The van der Waals surface area contributed by atoms with Crippen LogP contribution in [0, 0.1) is 11.8 Å². The minimum absolute atomic E-state index is 0.0399. The number of esters is 1. The van der Waals surface area contributed by atoms with Gasteiger partial charge in [0.2, 0.25) is 11.7 Å². The number of phenolic OH excluding ortho intramolecular Hbond substituents is 1. The van der Waals surface area contributed by atoms with Crippen LogP contribution in [-0.2, 0) is 23.9 Å². The number of fused-ring (bicyclic) bond motifs is 3. The van der Waals surface area contributed by atoms with Gasteiger partial charge in [-0.15, -0.1) is 0 Å². The minimum Gasteiger partial charge on any atom is -0.510 e. The Bertz CT molecular complexity index is 1540. The van der Waals surface area contributed by atoms with Gasteiger partial charge in [0.25, 0.3) is 5.91 Å². The Morgan fingerprint density at radius 1 is 1.12 bits per heavy atom. The van der Waals surface area contributed by atoms with E-state index in [0.29, 0.717) is 0 Å². The summed E-state index contributed by atoms with van der Waals surface area (Å²) in [5, 5.41) is 48.3. The number of anilines is 1. The van der Waals surface area contributed by atoms with E-state index >= 15 is 0 Å². The molecule has 43 heavy (non-hydrogen) atoms. The van der Waals surface area contributed by atoms with Gasteiger partial charge in [0, 0.05) is 6.42 Å². The van der Waals surface area contributed by atoms with Crippen molar-refractivity contribution in [2.24, 2.45) is 17.6 Å². The van der Waals surface area contributed by atoms with Gasteiger partial charge in [-0.3, -0.25) is 28.9 Å². The number of ether oxygens (including phenoxy) is 1. The summed E-state index contributed by atoms with van der Waals surface area (Å²) in [4.78, 5) is 68.1. The van der Waals surface area contributed by atoms with Gasteiger partial charge >= 0.3 is 5.97 Å². The fourth-order valence-electron chi connectivity index (χ4n) is 6.18. The van der Waals surface area contributed by atoms with Gasteiger partial charge < -0.3 is 41.1 Å².